The summed E-state index contributed by atoms with van der Waals surface area (Å²) in [6, 6.07) is 14.6. The van der Waals surface area contributed by atoms with Crippen molar-refractivity contribution in [3.63, 3.8) is 0 Å². The lowest BCUT2D eigenvalue weighted by molar-refractivity contribution is -0.0299. The van der Waals surface area contributed by atoms with E-state index in [1.54, 1.807) is 27.8 Å². The fraction of sp³-hybridized carbons (Fsp3) is 0.308. The number of nitrogens with zero attached hydrogens (tertiary/aromatic N) is 5. The topological polar surface area (TPSA) is 112 Å². The van der Waals surface area contributed by atoms with Crippen molar-refractivity contribution in [3.8, 4) is 17.2 Å². The highest BCUT2D eigenvalue weighted by atomic mass is 16.5. The quantitative estimate of drug-likeness (QED) is 0.442. The summed E-state index contributed by atoms with van der Waals surface area (Å²) >= 11 is 0. The average molecular weight is 490 g/mol. The molecule has 1 aliphatic heterocycles. The van der Waals surface area contributed by atoms with Gasteiger partial charge in [-0.1, -0.05) is 24.3 Å². The number of rotatable bonds is 6. The van der Waals surface area contributed by atoms with Gasteiger partial charge in [0.05, 0.1) is 43.8 Å². The van der Waals surface area contributed by atoms with Gasteiger partial charge in [-0.3, -0.25) is 14.2 Å². The van der Waals surface area contributed by atoms with Crippen LogP contribution in [0.4, 0.5) is 0 Å². The summed E-state index contributed by atoms with van der Waals surface area (Å²) in [4.78, 5) is 32.5. The van der Waals surface area contributed by atoms with Gasteiger partial charge in [-0.05, 0) is 37.1 Å². The molecular formula is C26H27N5O5. The number of hydrogen-bond donors (Lipinski definition) is 1. The van der Waals surface area contributed by atoms with Gasteiger partial charge in [-0.15, -0.1) is 0 Å². The molecule has 186 valence electrons. The Hall–Kier alpha value is -4.18. The Balaban J connectivity index is 1.32. The molecule has 1 saturated heterocycles. The van der Waals surface area contributed by atoms with Crippen LogP contribution in [0.25, 0.3) is 16.7 Å². The Morgan fingerprint density at radius 1 is 1.06 bits per heavy atom. The number of aliphatic hydroxyl groups is 1. The lowest BCUT2D eigenvalue weighted by atomic mass is 9.90. The summed E-state index contributed by atoms with van der Waals surface area (Å²) in [7, 11) is 3.02. The van der Waals surface area contributed by atoms with Crippen LogP contribution in [-0.4, -0.2) is 68.2 Å². The second kappa shape index (κ2) is 9.46. The van der Waals surface area contributed by atoms with E-state index < -0.39 is 5.60 Å². The molecule has 36 heavy (non-hydrogen) atoms. The van der Waals surface area contributed by atoms with Gasteiger partial charge in [0, 0.05) is 13.1 Å². The van der Waals surface area contributed by atoms with E-state index in [0.29, 0.717) is 54.0 Å². The number of carbonyl (C=O) groups is 1. The van der Waals surface area contributed by atoms with Crippen molar-refractivity contribution in [2.24, 2.45) is 0 Å². The maximum atomic E-state index is 13.2. The SMILES string of the molecule is COc1cccc(C(=O)N2CCC(O)(Cn3cnc4c(cnn4-c4ccccc4)c3=O)CC2)c1OC. The third-order valence-electron chi connectivity index (χ3n) is 6.63. The van der Waals surface area contributed by atoms with Crippen LogP contribution in [0.3, 0.4) is 0 Å². The van der Waals surface area contributed by atoms with Gasteiger partial charge in [0.2, 0.25) is 0 Å². The van der Waals surface area contributed by atoms with E-state index >= 15 is 0 Å². The zero-order chi connectivity index (χ0) is 25.3. The van der Waals surface area contributed by atoms with Gasteiger partial charge < -0.3 is 19.5 Å². The highest BCUT2D eigenvalue weighted by Crippen LogP contribution is 2.33. The molecule has 5 rings (SSSR count). The van der Waals surface area contributed by atoms with Gasteiger partial charge in [0.1, 0.15) is 11.7 Å². The molecule has 10 nitrogen and oxygen atoms in total. The van der Waals surface area contributed by atoms with Crippen LogP contribution in [0.2, 0.25) is 0 Å². The van der Waals surface area contributed by atoms with E-state index in [1.807, 2.05) is 30.3 Å². The molecule has 2 aromatic heterocycles. The number of aromatic nitrogens is 4. The largest absolute Gasteiger partial charge is 0.493 e. The zero-order valence-electron chi connectivity index (χ0n) is 20.1. The third kappa shape index (κ3) is 4.20. The van der Waals surface area contributed by atoms with Gasteiger partial charge in [-0.2, -0.15) is 5.10 Å². The van der Waals surface area contributed by atoms with Gasteiger partial charge in [0.25, 0.3) is 11.5 Å². The molecule has 0 atom stereocenters. The number of piperidine rings is 1. The summed E-state index contributed by atoms with van der Waals surface area (Å²) in [5.41, 5.74) is 0.255. The lowest BCUT2D eigenvalue weighted by Crippen LogP contribution is -2.49. The summed E-state index contributed by atoms with van der Waals surface area (Å²) in [6.45, 7) is 0.758. The molecule has 2 aromatic carbocycles. The molecule has 1 N–H and O–H groups in total. The molecule has 0 spiro atoms. The minimum Gasteiger partial charge on any atom is -0.493 e. The number of fused-ring (bicyclic) bond motifs is 1. The molecule has 0 aliphatic carbocycles. The highest BCUT2D eigenvalue weighted by Gasteiger charge is 2.36. The van der Waals surface area contributed by atoms with Crippen LogP contribution in [-0.2, 0) is 6.54 Å². The number of benzene rings is 2. The van der Waals surface area contributed by atoms with E-state index in [0.717, 1.165) is 5.69 Å². The number of hydrogen-bond acceptors (Lipinski definition) is 7. The smallest absolute Gasteiger partial charge is 0.264 e. The predicted octanol–water partition coefficient (Wildman–Crippen LogP) is 2.27. The highest BCUT2D eigenvalue weighted by molar-refractivity contribution is 5.98. The van der Waals surface area contributed by atoms with Gasteiger partial charge in [0.15, 0.2) is 17.1 Å². The second-order valence-corrected chi connectivity index (χ2v) is 8.86. The fourth-order valence-corrected chi connectivity index (χ4v) is 4.65. The van der Waals surface area contributed by atoms with E-state index in [4.69, 9.17) is 9.47 Å². The van der Waals surface area contributed by atoms with Crippen molar-refractivity contribution >= 4 is 16.9 Å². The second-order valence-electron chi connectivity index (χ2n) is 8.86. The van der Waals surface area contributed by atoms with Crippen molar-refractivity contribution in [1.29, 1.82) is 0 Å². The zero-order valence-corrected chi connectivity index (χ0v) is 20.1. The first-order valence-electron chi connectivity index (χ1n) is 11.7. The number of likely N-dealkylation sites (tertiary alicyclic amines) is 1. The number of carbonyl (C=O) groups excluding carboxylic acids is 1. The standard InChI is InChI=1S/C26H27N5O5/c1-35-21-10-6-9-19(22(21)36-2)24(32)29-13-11-26(34,12-14-29)16-30-17-27-23-20(25(30)33)15-28-31(23)18-7-4-3-5-8-18/h3-10,15,17,34H,11-14,16H2,1-2H3. The minimum atomic E-state index is -1.15. The summed E-state index contributed by atoms with van der Waals surface area (Å²) < 4.78 is 13.7. The number of para-hydroxylation sites is 2. The van der Waals surface area contributed by atoms with Crippen molar-refractivity contribution in [1.82, 2.24) is 24.2 Å². The van der Waals surface area contributed by atoms with Gasteiger partial charge in [-0.25, -0.2) is 9.67 Å². The number of amides is 1. The average Bonchev–Trinajstić information content (AvgIpc) is 3.35. The molecule has 1 fully saturated rings. The van der Waals surface area contributed by atoms with Crippen LogP contribution in [0.5, 0.6) is 11.5 Å². The summed E-state index contributed by atoms with van der Waals surface area (Å²) in [5, 5.41) is 16.0. The maximum Gasteiger partial charge on any atom is 0.264 e. The maximum absolute atomic E-state index is 13.2. The monoisotopic (exact) mass is 489 g/mol. The van der Waals surface area contributed by atoms with E-state index in [2.05, 4.69) is 10.1 Å². The Kier molecular flexibility index (Phi) is 6.19. The summed E-state index contributed by atoms with van der Waals surface area (Å²) in [6.07, 6.45) is 3.58. The Morgan fingerprint density at radius 2 is 1.81 bits per heavy atom. The molecule has 0 saturated carbocycles. The first-order chi connectivity index (χ1) is 17.4. The van der Waals surface area contributed by atoms with Crippen molar-refractivity contribution < 1.29 is 19.4 Å². The molecule has 1 amide bonds. The molecular weight excluding hydrogens is 462 g/mol. The Morgan fingerprint density at radius 3 is 2.50 bits per heavy atom. The van der Waals surface area contributed by atoms with E-state index in [9.17, 15) is 14.7 Å². The molecule has 0 unspecified atom stereocenters. The number of methoxy groups -OCH3 is 2. The Labute approximate surface area is 207 Å². The normalized spacial score (nSPS) is 15.1. The van der Waals surface area contributed by atoms with Gasteiger partial charge >= 0.3 is 0 Å². The van der Waals surface area contributed by atoms with Crippen molar-refractivity contribution in [2.75, 3.05) is 27.3 Å². The minimum absolute atomic E-state index is 0.0792. The van der Waals surface area contributed by atoms with E-state index in [1.165, 1.54) is 31.3 Å². The summed E-state index contributed by atoms with van der Waals surface area (Å²) in [5.74, 6) is 0.670. The van der Waals surface area contributed by atoms with E-state index in [-0.39, 0.29) is 18.0 Å². The van der Waals surface area contributed by atoms with Crippen LogP contribution in [0, 0.1) is 0 Å². The first-order valence-corrected chi connectivity index (χ1v) is 11.7. The molecule has 4 aromatic rings. The molecule has 1 aliphatic rings. The molecule has 3 heterocycles. The van der Waals surface area contributed by atoms with Crippen LogP contribution < -0.4 is 15.0 Å². The predicted molar refractivity (Wildman–Crippen MR) is 133 cm³/mol. The molecule has 0 bridgehead atoms. The number of ether oxygens (including phenoxy) is 2. The van der Waals surface area contributed by atoms with Crippen LogP contribution >= 0.6 is 0 Å². The lowest BCUT2D eigenvalue weighted by Gasteiger charge is -2.38. The van der Waals surface area contributed by atoms with Crippen molar-refractivity contribution in [2.45, 2.75) is 25.0 Å². The molecule has 10 heteroatoms. The van der Waals surface area contributed by atoms with Crippen LogP contribution in [0.1, 0.15) is 23.2 Å². The van der Waals surface area contributed by atoms with Crippen molar-refractivity contribution in [3.05, 3.63) is 77.0 Å². The first kappa shape index (κ1) is 23.6. The van der Waals surface area contributed by atoms with Crippen LogP contribution in [0.15, 0.2) is 65.8 Å². The molecule has 0 radical (unpaired) electrons. The third-order valence-corrected chi connectivity index (χ3v) is 6.63. The fourth-order valence-electron chi connectivity index (χ4n) is 4.65. The Bertz CT molecular complexity index is 1450.